The van der Waals surface area contributed by atoms with Crippen LogP contribution < -0.4 is 5.32 Å². The van der Waals surface area contributed by atoms with Gasteiger partial charge in [-0.3, -0.25) is 0 Å². The number of rotatable bonds is 1. The Morgan fingerprint density at radius 3 is 2.50 bits per heavy atom. The molecule has 0 spiro atoms. The molecule has 0 unspecified atom stereocenters. The van der Waals surface area contributed by atoms with Gasteiger partial charge in [-0.25, -0.2) is 0 Å². The molecular formula is C8H10NY-. The summed E-state index contributed by atoms with van der Waals surface area (Å²) in [5, 5.41) is 3.02. The fourth-order valence-corrected chi connectivity index (χ4v) is 0.658. The molecule has 1 nitrogen and oxygen atoms in total. The van der Waals surface area contributed by atoms with E-state index in [1.807, 2.05) is 32.2 Å². The number of benzene rings is 1. The maximum Gasteiger partial charge on any atom is 0 e. The fourth-order valence-electron chi connectivity index (χ4n) is 0.658. The minimum Gasteiger partial charge on any atom is -0.439 e. The zero-order valence-electron chi connectivity index (χ0n) is 6.31. The van der Waals surface area contributed by atoms with Gasteiger partial charge in [0.1, 0.15) is 0 Å². The number of nitrogens with one attached hydrogen (secondary N) is 1. The Kier molecular flexibility index (Phi) is 4.93. The van der Waals surface area contributed by atoms with Gasteiger partial charge < -0.3 is 5.32 Å². The first-order valence-electron chi connectivity index (χ1n) is 2.99. The van der Waals surface area contributed by atoms with Crippen LogP contribution in [0, 0.1) is 13.0 Å². The molecule has 0 aliphatic heterocycles. The molecule has 0 fully saturated rings. The van der Waals surface area contributed by atoms with Crippen LogP contribution in [0.1, 0.15) is 5.56 Å². The molecule has 1 aromatic carbocycles. The third-order valence-corrected chi connectivity index (χ3v) is 1.26. The molecule has 0 bridgehead atoms. The standard InChI is InChI=1S/C8H10N.Y/c1-7-3-5-8(9-2)6-4-7;/h3,5-6,9H,1-2H3;/q-1;. The summed E-state index contributed by atoms with van der Waals surface area (Å²) in [5.74, 6) is 0. The molecule has 0 saturated heterocycles. The molecule has 0 heterocycles. The van der Waals surface area contributed by atoms with Gasteiger partial charge in [-0.1, -0.05) is 12.6 Å². The van der Waals surface area contributed by atoms with E-state index in [4.69, 9.17) is 0 Å². The van der Waals surface area contributed by atoms with Gasteiger partial charge in [-0.15, -0.1) is 6.07 Å². The quantitative estimate of drug-likeness (QED) is 0.696. The van der Waals surface area contributed by atoms with E-state index in [1.165, 1.54) is 5.56 Å². The van der Waals surface area contributed by atoms with Crippen LogP contribution in [-0.4, -0.2) is 7.05 Å². The van der Waals surface area contributed by atoms with Gasteiger partial charge in [0.05, 0.1) is 0 Å². The predicted molar refractivity (Wildman–Crippen MR) is 39.6 cm³/mol. The van der Waals surface area contributed by atoms with Crippen LogP contribution in [0.5, 0.6) is 0 Å². The normalized spacial score (nSPS) is 8.20. The van der Waals surface area contributed by atoms with E-state index in [9.17, 15) is 0 Å². The molecule has 2 heteroatoms. The zero-order valence-corrected chi connectivity index (χ0v) is 9.15. The van der Waals surface area contributed by atoms with Crippen LogP contribution in [-0.2, 0) is 32.7 Å². The van der Waals surface area contributed by atoms with E-state index in [-0.39, 0.29) is 32.7 Å². The third-order valence-electron chi connectivity index (χ3n) is 1.26. The van der Waals surface area contributed by atoms with Gasteiger partial charge in [-0.05, 0) is 7.05 Å². The SMILES string of the molecule is CNc1c[c-]c(C)cc1.[Y]. The molecule has 1 radical (unpaired) electrons. The molecule has 0 atom stereocenters. The van der Waals surface area contributed by atoms with Crippen LogP contribution in [0.15, 0.2) is 18.2 Å². The number of hydrogen-bond donors (Lipinski definition) is 1. The van der Waals surface area contributed by atoms with E-state index in [2.05, 4.69) is 11.4 Å². The van der Waals surface area contributed by atoms with Gasteiger partial charge >= 0.3 is 0 Å². The summed E-state index contributed by atoms with van der Waals surface area (Å²) in [7, 11) is 1.90. The van der Waals surface area contributed by atoms with Crippen molar-refractivity contribution < 1.29 is 32.7 Å². The summed E-state index contributed by atoms with van der Waals surface area (Å²) in [6.07, 6.45) is 0. The van der Waals surface area contributed by atoms with Crippen molar-refractivity contribution in [2.45, 2.75) is 6.92 Å². The summed E-state index contributed by atoms with van der Waals surface area (Å²) in [5.41, 5.74) is 2.29. The van der Waals surface area contributed by atoms with Crippen LogP contribution >= 0.6 is 0 Å². The van der Waals surface area contributed by atoms with E-state index in [0.29, 0.717) is 0 Å². The number of aryl methyl sites for hydroxylation is 1. The van der Waals surface area contributed by atoms with Gasteiger partial charge in [0.15, 0.2) is 0 Å². The van der Waals surface area contributed by atoms with Gasteiger partial charge in [-0.2, -0.15) is 23.8 Å². The number of hydrogen-bond acceptors (Lipinski definition) is 1. The molecule has 1 rings (SSSR count). The van der Waals surface area contributed by atoms with Crippen molar-refractivity contribution in [3.63, 3.8) is 0 Å². The van der Waals surface area contributed by atoms with Crippen molar-refractivity contribution in [3.05, 3.63) is 29.8 Å². The third kappa shape index (κ3) is 2.80. The summed E-state index contributed by atoms with van der Waals surface area (Å²) in [6, 6.07) is 9.10. The Morgan fingerprint density at radius 1 is 1.40 bits per heavy atom. The van der Waals surface area contributed by atoms with Crippen LogP contribution in [0.4, 0.5) is 5.69 Å². The summed E-state index contributed by atoms with van der Waals surface area (Å²) >= 11 is 0. The van der Waals surface area contributed by atoms with Crippen molar-refractivity contribution in [3.8, 4) is 0 Å². The summed E-state index contributed by atoms with van der Waals surface area (Å²) in [4.78, 5) is 0. The Balaban J connectivity index is 0.000000810. The molecule has 0 aliphatic carbocycles. The molecule has 1 N–H and O–H groups in total. The minimum absolute atomic E-state index is 0. The second-order valence-electron chi connectivity index (χ2n) is 2.01. The Labute approximate surface area is 87.1 Å². The van der Waals surface area contributed by atoms with Crippen molar-refractivity contribution >= 4 is 5.69 Å². The van der Waals surface area contributed by atoms with Gasteiger partial charge in [0.2, 0.25) is 0 Å². The van der Waals surface area contributed by atoms with Crippen molar-refractivity contribution in [2.75, 3.05) is 12.4 Å². The van der Waals surface area contributed by atoms with Crippen LogP contribution in [0.2, 0.25) is 0 Å². The smallest absolute Gasteiger partial charge is 0 e. The molecule has 1 aromatic rings. The molecule has 0 amide bonds. The molecular weight excluding hydrogens is 199 g/mol. The first kappa shape index (κ1) is 10.1. The first-order valence-corrected chi connectivity index (χ1v) is 2.99. The molecule has 10 heavy (non-hydrogen) atoms. The van der Waals surface area contributed by atoms with E-state index >= 15 is 0 Å². The van der Waals surface area contributed by atoms with Crippen molar-refractivity contribution in [1.29, 1.82) is 0 Å². The Bertz CT molecular complexity index is 181. The second-order valence-corrected chi connectivity index (χ2v) is 2.01. The zero-order chi connectivity index (χ0) is 6.69. The Hall–Kier alpha value is 0.124. The first-order chi connectivity index (χ1) is 4.33. The Morgan fingerprint density at radius 2 is 2.10 bits per heavy atom. The van der Waals surface area contributed by atoms with Gasteiger partial charge in [0, 0.05) is 32.7 Å². The largest absolute Gasteiger partial charge is 0.439 e. The molecule has 0 aromatic heterocycles. The average molecular weight is 209 g/mol. The topological polar surface area (TPSA) is 12.0 Å². The molecule has 0 saturated carbocycles. The summed E-state index contributed by atoms with van der Waals surface area (Å²) in [6.45, 7) is 2.03. The average Bonchev–Trinajstić information content (AvgIpc) is 1.90. The maximum atomic E-state index is 3.09. The van der Waals surface area contributed by atoms with Crippen LogP contribution in [0.25, 0.3) is 0 Å². The van der Waals surface area contributed by atoms with Crippen molar-refractivity contribution in [1.82, 2.24) is 0 Å². The second kappa shape index (κ2) is 4.87. The number of anilines is 1. The van der Waals surface area contributed by atoms with Crippen molar-refractivity contribution in [2.24, 2.45) is 0 Å². The maximum absolute atomic E-state index is 3.09. The molecule has 51 valence electrons. The fraction of sp³-hybridized carbons (Fsp3) is 0.250. The monoisotopic (exact) mass is 209 g/mol. The summed E-state index contributed by atoms with van der Waals surface area (Å²) < 4.78 is 0. The van der Waals surface area contributed by atoms with Crippen LogP contribution in [0.3, 0.4) is 0 Å². The molecule has 0 aliphatic rings. The van der Waals surface area contributed by atoms with E-state index in [1.54, 1.807) is 0 Å². The predicted octanol–water partition coefficient (Wildman–Crippen LogP) is 1.83. The van der Waals surface area contributed by atoms with E-state index < -0.39 is 0 Å². The van der Waals surface area contributed by atoms with E-state index in [0.717, 1.165) is 5.69 Å². The minimum atomic E-state index is 0. The van der Waals surface area contributed by atoms with Gasteiger partial charge in [0.25, 0.3) is 0 Å².